The molecule has 1 unspecified atom stereocenters. The second kappa shape index (κ2) is 10.2. The fraction of sp³-hybridized carbons (Fsp3) is 0.652. The molecule has 30 heavy (non-hydrogen) atoms. The van der Waals surface area contributed by atoms with E-state index in [4.69, 9.17) is 4.74 Å². The fourth-order valence-electron chi connectivity index (χ4n) is 3.89. The SMILES string of the molecule is CN=C(NCC1CCN(CCc2ccccc2)C1)NC1CN(C(=O)OC(C)(C)C)C1. The Kier molecular flexibility index (Phi) is 7.58. The summed E-state index contributed by atoms with van der Waals surface area (Å²) < 4.78 is 5.40. The van der Waals surface area contributed by atoms with Gasteiger partial charge >= 0.3 is 6.09 Å². The van der Waals surface area contributed by atoms with Gasteiger partial charge in [0.05, 0.1) is 6.04 Å². The van der Waals surface area contributed by atoms with E-state index in [-0.39, 0.29) is 12.1 Å². The minimum Gasteiger partial charge on any atom is -0.444 e. The Labute approximate surface area is 180 Å². The number of likely N-dealkylation sites (tertiary alicyclic amines) is 2. The number of benzene rings is 1. The van der Waals surface area contributed by atoms with Crippen molar-refractivity contribution >= 4 is 12.1 Å². The molecule has 1 amide bonds. The van der Waals surface area contributed by atoms with E-state index in [2.05, 4.69) is 50.9 Å². The number of ether oxygens (including phenoxy) is 1. The highest BCUT2D eigenvalue weighted by atomic mass is 16.6. The van der Waals surface area contributed by atoms with Gasteiger partial charge in [0, 0.05) is 39.8 Å². The summed E-state index contributed by atoms with van der Waals surface area (Å²) in [4.78, 5) is 20.7. The van der Waals surface area contributed by atoms with Crippen LogP contribution in [0.1, 0.15) is 32.8 Å². The lowest BCUT2D eigenvalue weighted by Gasteiger charge is -2.40. The van der Waals surface area contributed by atoms with Crippen LogP contribution in [-0.2, 0) is 11.2 Å². The minimum absolute atomic E-state index is 0.217. The summed E-state index contributed by atoms with van der Waals surface area (Å²) in [5.41, 5.74) is 0.952. The van der Waals surface area contributed by atoms with Crippen molar-refractivity contribution < 1.29 is 9.53 Å². The molecule has 7 nitrogen and oxygen atoms in total. The number of amides is 1. The monoisotopic (exact) mass is 415 g/mol. The van der Waals surface area contributed by atoms with Crippen molar-refractivity contribution in [3.05, 3.63) is 35.9 Å². The molecule has 0 spiro atoms. The third-order valence-corrected chi connectivity index (χ3v) is 5.59. The standard InChI is InChI=1S/C23H37N5O2/c1-23(2,3)30-22(29)28-16-20(17-28)26-21(24-4)25-14-19-11-13-27(15-19)12-10-18-8-6-5-7-9-18/h5-9,19-20H,10-17H2,1-4H3,(H2,24,25,26). The topological polar surface area (TPSA) is 69.2 Å². The fourth-order valence-corrected chi connectivity index (χ4v) is 3.89. The first kappa shape index (κ1) is 22.4. The normalized spacial score (nSPS) is 20.7. The van der Waals surface area contributed by atoms with Crippen LogP contribution in [0.15, 0.2) is 35.3 Å². The zero-order valence-corrected chi connectivity index (χ0v) is 18.9. The van der Waals surface area contributed by atoms with Gasteiger partial charge < -0.3 is 25.2 Å². The van der Waals surface area contributed by atoms with E-state index in [1.807, 2.05) is 20.8 Å². The molecule has 2 aliphatic rings. The second-order valence-corrected chi connectivity index (χ2v) is 9.37. The Hall–Kier alpha value is -2.28. The van der Waals surface area contributed by atoms with Gasteiger partial charge in [-0.25, -0.2) is 4.79 Å². The molecule has 0 aliphatic carbocycles. The first-order valence-corrected chi connectivity index (χ1v) is 11.0. The van der Waals surface area contributed by atoms with Crippen LogP contribution in [0.4, 0.5) is 4.79 Å². The summed E-state index contributed by atoms with van der Waals surface area (Å²) in [7, 11) is 1.79. The van der Waals surface area contributed by atoms with Crippen LogP contribution in [-0.4, -0.2) is 79.8 Å². The first-order valence-electron chi connectivity index (χ1n) is 11.0. The van der Waals surface area contributed by atoms with Gasteiger partial charge in [-0.2, -0.15) is 0 Å². The molecular weight excluding hydrogens is 378 g/mol. The third kappa shape index (κ3) is 6.90. The van der Waals surface area contributed by atoms with Crippen LogP contribution >= 0.6 is 0 Å². The van der Waals surface area contributed by atoms with Crippen LogP contribution in [0.25, 0.3) is 0 Å². The van der Waals surface area contributed by atoms with E-state index in [0.717, 1.165) is 32.0 Å². The smallest absolute Gasteiger partial charge is 0.410 e. The van der Waals surface area contributed by atoms with Crippen molar-refractivity contribution in [3.8, 4) is 0 Å². The summed E-state index contributed by atoms with van der Waals surface area (Å²) in [5.74, 6) is 1.45. The molecule has 2 heterocycles. The molecule has 1 atom stereocenters. The van der Waals surface area contributed by atoms with Gasteiger partial charge in [-0.3, -0.25) is 4.99 Å². The minimum atomic E-state index is -0.455. The molecule has 2 N–H and O–H groups in total. The number of rotatable bonds is 6. The van der Waals surface area contributed by atoms with Gasteiger partial charge in [0.1, 0.15) is 5.60 Å². The average molecular weight is 416 g/mol. The summed E-state index contributed by atoms with van der Waals surface area (Å²) in [6.45, 7) is 11.3. The second-order valence-electron chi connectivity index (χ2n) is 9.37. The quantitative estimate of drug-likeness (QED) is 0.551. The number of hydrogen-bond donors (Lipinski definition) is 2. The van der Waals surface area contributed by atoms with Crippen LogP contribution < -0.4 is 10.6 Å². The lowest BCUT2D eigenvalue weighted by molar-refractivity contribution is 0.00701. The third-order valence-electron chi connectivity index (χ3n) is 5.59. The molecule has 0 aromatic heterocycles. The van der Waals surface area contributed by atoms with Gasteiger partial charge in [-0.1, -0.05) is 30.3 Å². The Morgan fingerprint density at radius 2 is 1.93 bits per heavy atom. The van der Waals surface area contributed by atoms with Crippen molar-refractivity contribution in [3.63, 3.8) is 0 Å². The summed E-state index contributed by atoms with van der Waals surface area (Å²) in [5, 5.41) is 6.87. The summed E-state index contributed by atoms with van der Waals surface area (Å²) in [6.07, 6.45) is 2.08. The van der Waals surface area contributed by atoms with Crippen molar-refractivity contribution in [2.45, 2.75) is 45.3 Å². The molecule has 2 fully saturated rings. The largest absolute Gasteiger partial charge is 0.444 e. The van der Waals surface area contributed by atoms with Crippen LogP contribution in [0.3, 0.4) is 0 Å². The van der Waals surface area contributed by atoms with Gasteiger partial charge in [0.25, 0.3) is 0 Å². The van der Waals surface area contributed by atoms with Gasteiger partial charge in [-0.15, -0.1) is 0 Å². The first-order chi connectivity index (χ1) is 14.3. The molecule has 7 heteroatoms. The Morgan fingerprint density at radius 1 is 1.20 bits per heavy atom. The van der Waals surface area contributed by atoms with E-state index in [1.54, 1.807) is 11.9 Å². The Morgan fingerprint density at radius 3 is 2.60 bits per heavy atom. The van der Waals surface area contributed by atoms with E-state index < -0.39 is 5.60 Å². The van der Waals surface area contributed by atoms with E-state index in [9.17, 15) is 4.79 Å². The number of nitrogens with one attached hydrogen (secondary N) is 2. The molecule has 0 saturated carbocycles. The van der Waals surface area contributed by atoms with Crippen molar-refractivity contribution in [2.75, 3.05) is 46.3 Å². The number of carbonyl (C=O) groups is 1. The van der Waals surface area contributed by atoms with E-state index >= 15 is 0 Å². The maximum atomic E-state index is 12.0. The van der Waals surface area contributed by atoms with E-state index in [1.165, 1.54) is 18.5 Å². The molecule has 0 bridgehead atoms. The highest BCUT2D eigenvalue weighted by Crippen LogP contribution is 2.17. The van der Waals surface area contributed by atoms with Crippen LogP contribution in [0, 0.1) is 5.92 Å². The highest BCUT2D eigenvalue weighted by Gasteiger charge is 2.34. The Bertz CT molecular complexity index is 710. The van der Waals surface area contributed by atoms with Gasteiger partial charge in [0.2, 0.25) is 0 Å². The zero-order chi connectivity index (χ0) is 21.6. The van der Waals surface area contributed by atoms with Crippen LogP contribution in [0.2, 0.25) is 0 Å². The maximum absolute atomic E-state index is 12.0. The predicted molar refractivity (Wildman–Crippen MR) is 121 cm³/mol. The number of aliphatic imine (C=N–C) groups is 1. The van der Waals surface area contributed by atoms with Gasteiger partial charge in [0.15, 0.2) is 5.96 Å². The molecule has 1 aromatic rings. The molecule has 0 radical (unpaired) electrons. The Balaban J connectivity index is 1.31. The molecule has 2 saturated heterocycles. The lowest BCUT2D eigenvalue weighted by atomic mass is 10.1. The zero-order valence-electron chi connectivity index (χ0n) is 18.9. The molecule has 1 aromatic carbocycles. The predicted octanol–water partition coefficient (Wildman–Crippen LogP) is 2.34. The van der Waals surface area contributed by atoms with Gasteiger partial charge in [-0.05, 0) is 51.6 Å². The maximum Gasteiger partial charge on any atom is 0.410 e. The molecular formula is C23H37N5O2. The summed E-state index contributed by atoms with van der Waals surface area (Å²) >= 11 is 0. The molecule has 3 rings (SSSR count). The number of hydrogen-bond acceptors (Lipinski definition) is 4. The van der Waals surface area contributed by atoms with Crippen molar-refractivity contribution in [2.24, 2.45) is 10.9 Å². The number of nitrogens with zero attached hydrogens (tertiary/aromatic N) is 3. The van der Waals surface area contributed by atoms with Crippen molar-refractivity contribution in [1.29, 1.82) is 0 Å². The molecule has 2 aliphatic heterocycles. The van der Waals surface area contributed by atoms with Crippen molar-refractivity contribution in [1.82, 2.24) is 20.4 Å². The highest BCUT2D eigenvalue weighted by molar-refractivity contribution is 5.80. The molecule has 166 valence electrons. The summed E-state index contributed by atoms with van der Waals surface area (Å²) in [6, 6.07) is 10.9. The average Bonchev–Trinajstić information content (AvgIpc) is 3.12. The van der Waals surface area contributed by atoms with Crippen LogP contribution in [0.5, 0.6) is 0 Å². The number of guanidine groups is 1. The lowest BCUT2D eigenvalue weighted by Crippen LogP contribution is -2.63. The number of carbonyl (C=O) groups excluding carboxylic acids is 1. The van der Waals surface area contributed by atoms with E-state index in [0.29, 0.717) is 19.0 Å².